The number of benzene rings is 3. The summed E-state index contributed by atoms with van der Waals surface area (Å²) in [5.74, 6) is -1.38. The van der Waals surface area contributed by atoms with E-state index in [9.17, 15) is 18.9 Å². The number of hydrogen-bond donors (Lipinski definition) is 2. The molecule has 0 bridgehead atoms. The van der Waals surface area contributed by atoms with Gasteiger partial charge >= 0.3 is 5.97 Å². The highest BCUT2D eigenvalue weighted by atomic mass is 35.5. The molecule has 0 aliphatic carbocycles. The fourth-order valence-corrected chi connectivity index (χ4v) is 7.94. The van der Waals surface area contributed by atoms with Gasteiger partial charge in [0.1, 0.15) is 10.7 Å². The molecule has 8 heteroatoms. The fraction of sp³-hybridized carbons (Fsp3) is 0.179. The Kier molecular flexibility index (Phi) is 7.99. The van der Waals surface area contributed by atoms with E-state index < -0.39 is 13.3 Å². The second-order valence-electron chi connectivity index (χ2n) is 8.76. The molecule has 2 N–H and O–H groups in total. The van der Waals surface area contributed by atoms with Crippen molar-refractivity contribution in [2.45, 2.75) is 26.7 Å². The van der Waals surface area contributed by atoms with Crippen LogP contribution in [-0.2, 0) is 11.0 Å². The maximum absolute atomic E-state index is 14.5. The summed E-state index contributed by atoms with van der Waals surface area (Å²) < 4.78 is 27.8. The third kappa shape index (κ3) is 6.07. The first-order chi connectivity index (χ1) is 17.1. The van der Waals surface area contributed by atoms with Crippen LogP contribution in [-0.4, -0.2) is 17.2 Å². The summed E-state index contributed by atoms with van der Waals surface area (Å²) in [6.45, 7) is 3.89. The molecule has 0 saturated carbocycles. The van der Waals surface area contributed by atoms with Crippen LogP contribution in [0.1, 0.15) is 32.8 Å². The minimum Gasteiger partial charge on any atom is -0.477 e. The quantitative estimate of drug-likeness (QED) is 0.210. The summed E-state index contributed by atoms with van der Waals surface area (Å²) in [5, 5.41) is 14.4. The minimum atomic E-state index is -3.25. The van der Waals surface area contributed by atoms with E-state index >= 15 is 0 Å². The Labute approximate surface area is 219 Å². The van der Waals surface area contributed by atoms with Gasteiger partial charge in [0, 0.05) is 21.4 Å². The van der Waals surface area contributed by atoms with Crippen molar-refractivity contribution in [3.05, 3.63) is 105 Å². The van der Waals surface area contributed by atoms with Crippen LogP contribution in [0.3, 0.4) is 0 Å². The summed E-state index contributed by atoms with van der Waals surface area (Å²) in [7, 11) is -3.25. The molecular weight excluding hydrogens is 516 g/mol. The van der Waals surface area contributed by atoms with Gasteiger partial charge in [-0.2, -0.15) is 0 Å². The third-order valence-corrected chi connectivity index (χ3v) is 10.2. The lowest BCUT2D eigenvalue weighted by molar-refractivity contribution is 0.0703. The van der Waals surface area contributed by atoms with Crippen molar-refractivity contribution >= 4 is 47.2 Å². The van der Waals surface area contributed by atoms with Gasteiger partial charge < -0.3 is 10.2 Å². The standard InChI is InChI=1S/C28H26ClFNO3PS/c1-18-5-14-25(19(2)16-18)35(34,15-3-4-20-6-12-23(30)13-7-20)31-24-17-26(36-27(24)28(32)33)21-8-10-22(29)11-9-21/h5-14,16-17H,3-4,15H2,1-2H3,(H,31,34)(H,32,33). The molecule has 3 aromatic carbocycles. The third-order valence-electron chi connectivity index (χ3n) is 5.95. The molecular formula is C28H26ClFNO3PS. The zero-order valence-electron chi connectivity index (χ0n) is 19.9. The zero-order chi connectivity index (χ0) is 25.9. The number of anilines is 1. The molecule has 4 nitrogen and oxygen atoms in total. The Morgan fingerprint density at radius 3 is 2.36 bits per heavy atom. The van der Waals surface area contributed by atoms with Gasteiger partial charge in [0.2, 0.25) is 0 Å². The lowest BCUT2D eigenvalue weighted by atomic mass is 10.1. The largest absolute Gasteiger partial charge is 0.477 e. The molecule has 1 heterocycles. The van der Waals surface area contributed by atoms with Crippen molar-refractivity contribution in [1.82, 2.24) is 0 Å². The Hall–Kier alpha value is -2.92. The Balaban J connectivity index is 1.68. The van der Waals surface area contributed by atoms with E-state index in [1.165, 1.54) is 12.1 Å². The molecule has 1 unspecified atom stereocenters. The van der Waals surface area contributed by atoms with E-state index in [0.29, 0.717) is 35.0 Å². The van der Waals surface area contributed by atoms with E-state index in [1.54, 1.807) is 30.3 Å². The first kappa shape index (κ1) is 26.2. The SMILES string of the molecule is Cc1ccc(P(=O)(CCCc2ccc(F)cc2)Nc2cc(-c3ccc(Cl)cc3)sc2C(=O)O)c(C)c1. The number of halogens is 2. The zero-order valence-corrected chi connectivity index (χ0v) is 22.4. The molecule has 0 spiro atoms. The van der Waals surface area contributed by atoms with E-state index in [1.807, 2.05) is 44.2 Å². The van der Waals surface area contributed by atoms with E-state index in [2.05, 4.69) is 5.09 Å². The second-order valence-corrected chi connectivity index (χ2v) is 12.9. The average Bonchev–Trinajstić information content (AvgIpc) is 3.24. The monoisotopic (exact) mass is 541 g/mol. The number of carbonyl (C=O) groups is 1. The van der Waals surface area contributed by atoms with Crippen molar-refractivity contribution in [2.75, 3.05) is 11.2 Å². The normalized spacial score (nSPS) is 12.8. The van der Waals surface area contributed by atoms with Crippen LogP contribution in [0.4, 0.5) is 10.1 Å². The van der Waals surface area contributed by atoms with Crippen LogP contribution in [0, 0.1) is 19.7 Å². The van der Waals surface area contributed by atoms with Crippen molar-refractivity contribution in [3.8, 4) is 10.4 Å². The highest BCUT2D eigenvalue weighted by molar-refractivity contribution is 7.73. The molecule has 4 rings (SSSR count). The first-order valence-corrected chi connectivity index (χ1v) is 14.6. The molecule has 36 heavy (non-hydrogen) atoms. The predicted octanol–water partition coefficient (Wildman–Crippen LogP) is 8.17. The molecule has 186 valence electrons. The maximum Gasteiger partial charge on any atom is 0.348 e. The summed E-state index contributed by atoms with van der Waals surface area (Å²) in [4.78, 5) is 13.0. The van der Waals surface area contributed by atoms with Crippen LogP contribution in [0.5, 0.6) is 0 Å². The molecule has 0 aliphatic rings. The van der Waals surface area contributed by atoms with Gasteiger partial charge in [0.05, 0.1) is 5.69 Å². The second kappa shape index (κ2) is 11.0. The number of rotatable bonds is 9. The van der Waals surface area contributed by atoms with E-state index in [0.717, 1.165) is 38.5 Å². The molecule has 0 radical (unpaired) electrons. The van der Waals surface area contributed by atoms with Crippen molar-refractivity contribution in [2.24, 2.45) is 0 Å². The number of aryl methyl sites for hydroxylation is 3. The van der Waals surface area contributed by atoms with Gasteiger partial charge in [-0.05, 0) is 79.8 Å². The molecule has 1 aromatic heterocycles. The summed E-state index contributed by atoms with van der Waals surface area (Å²) >= 11 is 7.14. The molecule has 0 saturated heterocycles. The van der Waals surface area contributed by atoms with Crippen molar-refractivity contribution < 1.29 is 18.9 Å². The van der Waals surface area contributed by atoms with Gasteiger partial charge in [0.15, 0.2) is 7.29 Å². The van der Waals surface area contributed by atoms with Crippen molar-refractivity contribution in [1.29, 1.82) is 0 Å². The first-order valence-electron chi connectivity index (χ1n) is 11.5. The smallest absolute Gasteiger partial charge is 0.348 e. The lowest BCUT2D eigenvalue weighted by Crippen LogP contribution is -2.18. The van der Waals surface area contributed by atoms with E-state index in [-0.39, 0.29) is 10.7 Å². The number of carboxylic acid groups (broad SMARTS) is 1. The number of thiophene rings is 1. The Morgan fingerprint density at radius 1 is 1.03 bits per heavy atom. The highest BCUT2D eigenvalue weighted by Crippen LogP contribution is 2.49. The van der Waals surface area contributed by atoms with E-state index in [4.69, 9.17) is 11.6 Å². The van der Waals surface area contributed by atoms with Gasteiger partial charge in [-0.25, -0.2) is 9.18 Å². The van der Waals surface area contributed by atoms with Gasteiger partial charge in [0.25, 0.3) is 0 Å². The summed E-state index contributed by atoms with van der Waals surface area (Å²) in [5.41, 5.74) is 4.06. The number of aromatic carboxylic acids is 1. The van der Waals surface area contributed by atoms with Crippen LogP contribution >= 0.6 is 30.2 Å². The van der Waals surface area contributed by atoms with Crippen LogP contribution < -0.4 is 10.4 Å². The Morgan fingerprint density at radius 2 is 1.72 bits per heavy atom. The van der Waals surface area contributed by atoms with Crippen molar-refractivity contribution in [3.63, 3.8) is 0 Å². The number of nitrogens with one attached hydrogen (secondary N) is 1. The fourth-order valence-electron chi connectivity index (χ4n) is 4.19. The molecule has 4 aromatic rings. The number of carboxylic acids is 1. The van der Waals surface area contributed by atoms with Crippen LogP contribution in [0.2, 0.25) is 5.02 Å². The summed E-state index contributed by atoms with van der Waals surface area (Å²) in [6, 6.07) is 21.0. The van der Waals surface area contributed by atoms with Gasteiger partial charge in [-0.1, -0.05) is 53.6 Å². The van der Waals surface area contributed by atoms with Crippen LogP contribution in [0.25, 0.3) is 10.4 Å². The lowest BCUT2D eigenvalue weighted by Gasteiger charge is -2.23. The van der Waals surface area contributed by atoms with Crippen LogP contribution in [0.15, 0.2) is 72.8 Å². The highest BCUT2D eigenvalue weighted by Gasteiger charge is 2.29. The minimum absolute atomic E-state index is 0.100. The van der Waals surface area contributed by atoms with Gasteiger partial charge in [-0.15, -0.1) is 11.3 Å². The molecule has 0 fully saturated rings. The average molecular weight is 542 g/mol. The topological polar surface area (TPSA) is 66.4 Å². The molecule has 0 aliphatic heterocycles. The molecule has 1 atom stereocenters. The maximum atomic E-state index is 14.5. The summed E-state index contributed by atoms with van der Waals surface area (Å²) in [6.07, 6.45) is 1.53. The van der Waals surface area contributed by atoms with Gasteiger partial charge in [-0.3, -0.25) is 4.57 Å². The predicted molar refractivity (Wildman–Crippen MR) is 148 cm³/mol. The number of hydrogen-bond acceptors (Lipinski definition) is 3. The molecule has 0 amide bonds. The Bertz CT molecular complexity index is 1430.